The van der Waals surface area contributed by atoms with E-state index in [0.29, 0.717) is 0 Å². The molecule has 0 aromatic heterocycles. The Bertz CT molecular complexity index is 630. The van der Waals surface area contributed by atoms with Gasteiger partial charge < -0.3 is 15.4 Å². The number of carbonyl (C=O) groups excluding carboxylic acids is 3. The van der Waals surface area contributed by atoms with E-state index in [2.05, 4.69) is 15.4 Å². The number of halogens is 3. The van der Waals surface area contributed by atoms with Gasteiger partial charge in [0.25, 0.3) is 5.91 Å². The van der Waals surface area contributed by atoms with Crippen LogP contribution in [0.5, 0.6) is 0 Å². The van der Waals surface area contributed by atoms with E-state index < -0.39 is 42.6 Å². The fourth-order valence-corrected chi connectivity index (χ4v) is 1.82. The third kappa shape index (κ3) is 8.18. The molecule has 1 aromatic carbocycles. The number of nitrogens with one attached hydrogen (secondary N) is 2. The molecule has 0 bridgehead atoms. The summed E-state index contributed by atoms with van der Waals surface area (Å²) in [6, 6.07) is 4.20. The van der Waals surface area contributed by atoms with E-state index in [0.717, 1.165) is 12.1 Å². The van der Waals surface area contributed by atoms with Gasteiger partial charge in [-0.3, -0.25) is 14.4 Å². The molecule has 0 saturated heterocycles. The number of alkyl halides is 3. The maximum atomic E-state index is 12.6. The largest absolute Gasteiger partial charge is 0.455 e. The van der Waals surface area contributed by atoms with Crippen molar-refractivity contribution in [2.45, 2.75) is 32.5 Å². The summed E-state index contributed by atoms with van der Waals surface area (Å²) in [6.45, 7) is 2.64. The highest BCUT2D eigenvalue weighted by molar-refractivity contribution is 5.86. The molecule has 2 amide bonds. The lowest BCUT2D eigenvalue weighted by molar-refractivity contribution is -0.148. The van der Waals surface area contributed by atoms with Gasteiger partial charge >= 0.3 is 12.1 Å². The fraction of sp³-hybridized carbons (Fsp3) is 0.438. The van der Waals surface area contributed by atoms with E-state index in [4.69, 9.17) is 0 Å². The number of carbonyl (C=O) groups is 3. The van der Waals surface area contributed by atoms with Crippen LogP contribution in [0.15, 0.2) is 24.3 Å². The van der Waals surface area contributed by atoms with Gasteiger partial charge in [-0.05, 0) is 25.5 Å². The lowest BCUT2D eigenvalue weighted by Gasteiger charge is -2.10. The minimum Gasteiger partial charge on any atom is -0.455 e. The molecule has 0 atom stereocenters. The molecule has 0 radical (unpaired) electrons. The molecule has 0 unspecified atom stereocenters. The average molecular weight is 360 g/mol. The Kier molecular flexibility index (Phi) is 7.41. The van der Waals surface area contributed by atoms with Gasteiger partial charge in [-0.1, -0.05) is 18.2 Å². The highest BCUT2D eigenvalue weighted by atomic mass is 19.4. The Balaban J connectivity index is 2.40. The van der Waals surface area contributed by atoms with Gasteiger partial charge in [0.1, 0.15) is 0 Å². The topological polar surface area (TPSA) is 84.5 Å². The van der Waals surface area contributed by atoms with Crippen molar-refractivity contribution in [1.82, 2.24) is 10.6 Å². The van der Waals surface area contributed by atoms with E-state index in [1.165, 1.54) is 12.1 Å². The first-order valence-corrected chi connectivity index (χ1v) is 7.45. The van der Waals surface area contributed by atoms with Crippen LogP contribution in [0.2, 0.25) is 0 Å². The van der Waals surface area contributed by atoms with Crippen molar-refractivity contribution in [3.05, 3.63) is 35.4 Å². The van der Waals surface area contributed by atoms with Gasteiger partial charge in [0.05, 0.1) is 18.5 Å². The van der Waals surface area contributed by atoms with Gasteiger partial charge in [0.2, 0.25) is 5.91 Å². The van der Waals surface area contributed by atoms with Crippen molar-refractivity contribution >= 4 is 17.8 Å². The first-order chi connectivity index (χ1) is 11.6. The summed E-state index contributed by atoms with van der Waals surface area (Å²) in [4.78, 5) is 34.4. The summed E-state index contributed by atoms with van der Waals surface area (Å²) in [5.41, 5.74) is -0.747. The number of amides is 2. The molecule has 9 heteroatoms. The monoisotopic (exact) mass is 360 g/mol. The molecule has 0 fully saturated rings. The minimum atomic E-state index is -4.50. The van der Waals surface area contributed by atoms with Crippen molar-refractivity contribution in [1.29, 1.82) is 0 Å². The van der Waals surface area contributed by atoms with Crippen LogP contribution in [0.3, 0.4) is 0 Å². The second-order valence-corrected chi connectivity index (χ2v) is 5.53. The molecule has 0 aliphatic carbocycles. The van der Waals surface area contributed by atoms with E-state index in [-0.39, 0.29) is 18.2 Å². The van der Waals surface area contributed by atoms with Crippen LogP contribution < -0.4 is 10.6 Å². The number of hydrogen-bond donors (Lipinski definition) is 2. The number of rotatable bonds is 7. The van der Waals surface area contributed by atoms with Crippen molar-refractivity contribution < 1.29 is 32.3 Å². The molecular weight excluding hydrogens is 341 g/mol. The summed E-state index contributed by atoms with van der Waals surface area (Å²) in [5.74, 6) is -1.92. The van der Waals surface area contributed by atoms with Gasteiger partial charge in [-0.25, -0.2) is 0 Å². The second-order valence-electron chi connectivity index (χ2n) is 5.53. The Hall–Kier alpha value is -2.58. The van der Waals surface area contributed by atoms with E-state index in [1.54, 1.807) is 13.8 Å². The number of ether oxygens (including phenoxy) is 1. The van der Waals surface area contributed by atoms with Crippen molar-refractivity contribution in [3.63, 3.8) is 0 Å². The van der Waals surface area contributed by atoms with E-state index in [9.17, 15) is 27.6 Å². The van der Waals surface area contributed by atoms with Crippen molar-refractivity contribution in [2.24, 2.45) is 0 Å². The smallest absolute Gasteiger partial charge is 0.416 e. The lowest BCUT2D eigenvalue weighted by Crippen LogP contribution is -2.41. The highest BCUT2D eigenvalue weighted by Crippen LogP contribution is 2.29. The molecule has 25 heavy (non-hydrogen) atoms. The normalized spacial score (nSPS) is 11.1. The van der Waals surface area contributed by atoms with Crippen LogP contribution in [0.1, 0.15) is 25.0 Å². The predicted octanol–water partition coefficient (Wildman–Crippen LogP) is 1.43. The molecule has 0 aliphatic heterocycles. The molecule has 6 nitrogen and oxygen atoms in total. The molecule has 138 valence electrons. The van der Waals surface area contributed by atoms with E-state index in [1.807, 2.05) is 0 Å². The number of esters is 1. The Morgan fingerprint density at radius 2 is 1.84 bits per heavy atom. The van der Waals surface area contributed by atoms with Crippen LogP contribution in [0.25, 0.3) is 0 Å². The van der Waals surface area contributed by atoms with Gasteiger partial charge in [-0.2, -0.15) is 13.2 Å². The van der Waals surface area contributed by atoms with Gasteiger partial charge in [0.15, 0.2) is 6.61 Å². The van der Waals surface area contributed by atoms with Crippen LogP contribution in [-0.4, -0.2) is 37.0 Å². The van der Waals surface area contributed by atoms with Crippen LogP contribution in [0, 0.1) is 0 Å². The molecule has 2 N–H and O–H groups in total. The van der Waals surface area contributed by atoms with Crippen molar-refractivity contribution in [3.8, 4) is 0 Å². The summed E-state index contributed by atoms with van der Waals surface area (Å²) < 4.78 is 42.4. The Morgan fingerprint density at radius 3 is 2.44 bits per heavy atom. The quantitative estimate of drug-likeness (QED) is 0.721. The van der Waals surface area contributed by atoms with E-state index >= 15 is 0 Å². The summed E-state index contributed by atoms with van der Waals surface area (Å²) in [6.07, 6.45) is -4.90. The zero-order chi connectivity index (χ0) is 19.0. The highest BCUT2D eigenvalue weighted by Gasteiger charge is 2.30. The Labute approximate surface area is 142 Å². The third-order valence-electron chi connectivity index (χ3n) is 2.86. The maximum absolute atomic E-state index is 12.6. The summed E-state index contributed by atoms with van der Waals surface area (Å²) in [5, 5.41) is 4.82. The number of hydrogen-bond acceptors (Lipinski definition) is 4. The molecule has 1 rings (SSSR count). The summed E-state index contributed by atoms with van der Waals surface area (Å²) in [7, 11) is 0. The zero-order valence-corrected chi connectivity index (χ0v) is 13.8. The van der Waals surface area contributed by atoms with Gasteiger partial charge in [-0.15, -0.1) is 0 Å². The SMILES string of the molecule is CC(C)NC(=O)CNC(=O)COC(=O)Cc1cccc(C(F)(F)F)c1. The molecular formula is C16H19F3N2O4. The molecule has 0 aliphatic rings. The first kappa shape index (κ1) is 20.5. The average Bonchev–Trinajstić information content (AvgIpc) is 2.49. The fourth-order valence-electron chi connectivity index (χ4n) is 1.82. The molecule has 0 spiro atoms. The Morgan fingerprint density at radius 1 is 1.16 bits per heavy atom. The first-order valence-electron chi connectivity index (χ1n) is 7.45. The standard InChI is InChI=1S/C16H19F3N2O4/c1-10(2)21-13(22)8-20-14(23)9-25-15(24)7-11-4-3-5-12(6-11)16(17,18)19/h3-6,10H,7-9H2,1-2H3,(H,20,23)(H,21,22). The maximum Gasteiger partial charge on any atom is 0.416 e. The second kappa shape index (κ2) is 9.05. The van der Waals surface area contributed by atoms with Gasteiger partial charge in [0, 0.05) is 6.04 Å². The van der Waals surface area contributed by atoms with Crippen LogP contribution >= 0.6 is 0 Å². The third-order valence-corrected chi connectivity index (χ3v) is 2.86. The number of benzene rings is 1. The van der Waals surface area contributed by atoms with Crippen molar-refractivity contribution in [2.75, 3.05) is 13.2 Å². The minimum absolute atomic E-state index is 0.0744. The molecule has 1 aromatic rings. The molecule has 0 heterocycles. The predicted molar refractivity (Wildman–Crippen MR) is 82.4 cm³/mol. The van der Waals surface area contributed by atoms with Crippen LogP contribution in [-0.2, 0) is 31.7 Å². The van der Waals surface area contributed by atoms with Crippen LogP contribution in [0.4, 0.5) is 13.2 Å². The zero-order valence-electron chi connectivity index (χ0n) is 13.8. The lowest BCUT2D eigenvalue weighted by atomic mass is 10.1. The summed E-state index contributed by atoms with van der Waals surface area (Å²) >= 11 is 0. The molecule has 0 saturated carbocycles.